The molecule has 0 atom stereocenters. The molecule has 172 valence electrons. The van der Waals surface area contributed by atoms with E-state index in [1.165, 1.54) is 0 Å². The average Bonchev–Trinajstić information content (AvgIpc) is 3.14. The third-order valence-electron chi connectivity index (χ3n) is 5.14. The summed E-state index contributed by atoms with van der Waals surface area (Å²) in [4.78, 5) is 9.07. The summed E-state index contributed by atoms with van der Waals surface area (Å²) in [5.74, 6) is 0.959. The number of nitrogens with one attached hydrogen (secondary N) is 1. The van der Waals surface area contributed by atoms with Gasteiger partial charge in [-0.25, -0.2) is 22.7 Å². The Morgan fingerprint density at radius 2 is 2.00 bits per heavy atom. The van der Waals surface area contributed by atoms with Gasteiger partial charge < -0.3 is 10.4 Å². The van der Waals surface area contributed by atoms with E-state index in [1.807, 2.05) is 13.1 Å². The second kappa shape index (κ2) is 9.81. The Morgan fingerprint density at radius 1 is 1.29 bits per heavy atom. The average molecular weight is 471 g/mol. The molecule has 0 aromatic carbocycles. The summed E-state index contributed by atoms with van der Waals surface area (Å²) < 4.78 is 27.9. The third kappa shape index (κ3) is 6.61. The fourth-order valence-electron chi connectivity index (χ4n) is 3.60. The molecule has 31 heavy (non-hydrogen) atoms. The van der Waals surface area contributed by atoms with Gasteiger partial charge in [-0.05, 0) is 45.6 Å². The van der Waals surface area contributed by atoms with Gasteiger partial charge >= 0.3 is 0 Å². The third-order valence-corrected chi connectivity index (χ3v) is 7.37. The molecular formula is C20H31ClN6O3S. The maximum atomic E-state index is 12.3. The first kappa shape index (κ1) is 23.9. The number of nitrogens with zero attached hydrogens (tertiary/aromatic N) is 5. The van der Waals surface area contributed by atoms with Crippen LogP contribution in [0.4, 0.5) is 5.95 Å². The van der Waals surface area contributed by atoms with Crippen molar-refractivity contribution in [3.63, 3.8) is 0 Å². The molecule has 0 radical (unpaired) electrons. The van der Waals surface area contributed by atoms with Gasteiger partial charge in [-0.15, -0.1) is 11.6 Å². The maximum absolute atomic E-state index is 12.3. The summed E-state index contributed by atoms with van der Waals surface area (Å²) in [6.45, 7) is 6.75. The van der Waals surface area contributed by atoms with Crippen molar-refractivity contribution in [2.45, 2.75) is 58.2 Å². The van der Waals surface area contributed by atoms with E-state index in [-0.39, 0.29) is 11.8 Å². The lowest BCUT2D eigenvalue weighted by Gasteiger charge is -2.31. The molecule has 3 rings (SSSR count). The van der Waals surface area contributed by atoms with E-state index in [2.05, 4.69) is 20.4 Å². The van der Waals surface area contributed by atoms with E-state index in [0.29, 0.717) is 50.7 Å². The van der Waals surface area contributed by atoms with Crippen molar-refractivity contribution in [1.82, 2.24) is 24.1 Å². The number of aryl methyl sites for hydroxylation is 1. The first-order valence-corrected chi connectivity index (χ1v) is 12.6. The van der Waals surface area contributed by atoms with Gasteiger partial charge in [0.1, 0.15) is 0 Å². The van der Waals surface area contributed by atoms with Crippen LogP contribution in [-0.2, 0) is 16.6 Å². The highest BCUT2D eigenvalue weighted by Gasteiger charge is 2.28. The lowest BCUT2D eigenvalue weighted by atomic mass is 10.1. The topological polar surface area (TPSA) is 113 Å². The Labute approximate surface area is 188 Å². The Balaban J connectivity index is 1.64. The number of sulfonamides is 1. The Bertz CT molecular complexity index is 981. The first-order chi connectivity index (χ1) is 14.6. The minimum Gasteiger partial charge on any atom is -0.389 e. The van der Waals surface area contributed by atoms with Crippen molar-refractivity contribution in [2.24, 2.45) is 0 Å². The van der Waals surface area contributed by atoms with Crippen LogP contribution < -0.4 is 5.32 Å². The minimum absolute atomic E-state index is 0.0974. The zero-order valence-corrected chi connectivity index (χ0v) is 19.8. The zero-order valence-electron chi connectivity index (χ0n) is 18.3. The van der Waals surface area contributed by atoms with Crippen molar-refractivity contribution in [2.75, 3.05) is 30.0 Å². The van der Waals surface area contributed by atoms with E-state index in [9.17, 15) is 13.5 Å². The highest BCUT2D eigenvalue weighted by Crippen LogP contribution is 2.23. The SMILES string of the molecule is Cc1cnc(NC2CCN(S(=O)(=O)CCCCl)CC2)nc1-c1cnn(CC(C)(C)O)c1. The summed E-state index contributed by atoms with van der Waals surface area (Å²) in [5.41, 5.74) is 1.70. The molecule has 0 saturated carbocycles. The Kier molecular flexibility index (Phi) is 7.56. The van der Waals surface area contributed by atoms with E-state index in [1.54, 1.807) is 35.2 Å². The number of aliphatic hydroxyl groups is 1. The zero-order chi connectivity index (χ0) is 22.6. The number of alkyl halides is 1. The highest BCUT2D eigenvalue weighted by atomic mass is 35.5. The maximum Gasteiger partial charge on any atom is 0.223 e. The van der Waals surface area contributed by atoms with Crippen LogP contribution in [0.25, 0.3) is 11.3 Å². The largest absolute Gasteiger partial charge is 0.389 e. The first-order valence-electron chi connectivity index (χ1n) is 10.5. The molecule has 2 aromatic rings. The molecule has 0 spiro atoms. The standard InChI is InChI=1S/C20H31ClN6O3S/c1-15-11-22-19(25-18(15)16-12-23-26(13-16)14-20(2,3)28)24-17-5-8-27(9-6-17)31(29,30)10-4-7-21/h11-13,17,28H,4-10,14H2,1-3H3,(H,22,24,25). The van der Waals surface area contributed by atoms with Crippen LogP contribution in [0.3, 0.4) is 0 Å². The van der Waals surface area contributed by atoms with E-state index >= 15 is 0 Å². The molecule has 0 bridgehead atoms. The number of rotatable bonds is 9. The monoisotopic (exact) mass is 470 g/mol. The van der Waals surface area contributed by atoms with Crippen LogP contribution in [0.2, 0.25) is 0 Å². The normalized spacial score (nSPS) is 16.5. The van der Waals surface area contributed by atoms with E-state index in [0.717, 1.165) is 16.8 Å². The van der Waals surface area contributed by atoms with Gasteiger partial charge in [0.15, 0.2) is 0 Å². The molecule has 0 aliphatic carbocycles. The van der Waals surface area contributed by atoms with Crippen LogP contribution >= 0.6 is 11.6 Å². The van der Waals surface area contributed by atoms with Gasteiger partial charge in [-0.2, -0.15) is 5.10 Å². The smallest absolute Gasteiger partial charge is 0.223 e. The number of anilines is 1. The lowest BCUT2D eigenvalue weighted by molar-refractivity contribution is 0.0577. The van der Waals surface area contributed by atoms with Crippen LogP contribution in [-0.4, -0.2) is 73.9 Å². The van der Waals surface area contributed by atoms with E-state index < -0.39 is 15.6 Å². The van der Waals surface area contributed by atoms with Crippen LogP contribution in [0.15, 0.2) is 18.6 Å². The second-order valence-corrected chi connectivity index (χ2v) is 11.1. The fraction of sp³-hybridized carbons (Fsp3) is 0.650. The number of hydrogen-bond donors (Lipinski definition) is 2. The Morgan fingerprint density at radius 3 is 2.65 bits per heavy atom. The molecular weight excluding hydrogens is 440 g/mol. The molecule has 1 aliphatic rings. The molecule has 11 heteroatoms. The molecule has 1 aliphatic heterocycles. The lowest BCUT2D eigenvalue weighted by Crippen LogP contribution is -2.43. The molecule has 2 N–H and O–H groups in total. The van der Waals surface area contributed by atoms with Gasteiger partial charge in [0.25, 0.3) is 0 Å². The predicted octanol–water partition coefficient (Wildman–Crippen LogP) is 2.25. The van der Waals surface area contributed by atoms with E-state index in [4.69, 9.17) is 11.6 Å². The van der Waals surface area contributed by atoms with Crippen molar-refractivity contribution < 1.29 is 13.5 Å². The quantitative estimate of drug-likeness (QED) is 0.540. The minimum atomic E-state index is -3.24. The Hall–Kier alpha value is -1.75. The van der Waals surface area contributed by atoms with Crippen molar-refractivity contribution in [3.8, 4) is 11.3 Å². The number of halogens is 1. The van der Waals surface area contributed by atoms with Crippen molar-refractivity contribution in [1.29, 1.82) is 0 Å². The summed E-state index contributed by atoms with van der Waals surface area (Å²) in [7, 11) is -3.24. The summed E-state index contributed by atoms with van der Waals surface area (Å²) in [6.07, 6.45) is 7.21. The van der Waals surface area contributed by atoms with Gasteiger partial charge in [-0.1, -0.05) is 0 Å². The highest BCUT2D eigenvalue weighted by molar-refractivity contribution is 7.89. The second-order valence-electron chi connectivity index (χ2n) is 8.64. The molecule has 9 nitrogen and oxygen atoms in total. The number of aromatic nitrogens is 4. The van der Waals surface area contributed by atoms with Crippen molar-refractivity contribution >= 4 is 27.6 Å². The molecule has 3 heterocycles. The van der Waals surface area contributed by atoms with Gasteiger partial charge in [0.05, 0.1) is 29.8 Å². The fourth-order valence-corrected chi connectivity index (χ4v) is 5.43. The summed E-state index contributed by atoms with van der Waals surface area (Å²) in [6, 6.07) is 0.105. The van der Waals surface area contributed by atoms with Gasteiger partial charge in [0, 0.05) is 43.0 Å². The van der Waals surface area contributed by atoms with Crippen LogP contribution in [0.5, 0.6) is 0 Å². The number of hydrogen-bond acceptors (Lipinski definition) is 7. The van der Waals surface area contributed by atoms with Crippen molar-refractivity contribution in [3.05, 3.63) is 24.2 Å². The molecule has 1 saturated heterocycles. The molecule has 0 amide bonds. The summed E-state index contributed by atoms with van der Waals surface area (Å²) in [5, 5.41) is 17.7. The number of piperidine rings is 1. The van der Waals surface area contributed by atoms with Crippen LogP contribution in [0, 0.1) is 6.92 Å². The summed E-state index contributed by atoms with van der Waals surface area (Å²) >= 11 is 5.63. The van der Waals surface area contributed by atoms with Gasteiger partial charge in [-0.3, -0.25) is 4.68 Å². The molecule has 2 aromatic heterocycles. The van der Waals surface area contributed by atoms with Crippen LogP contribution in [0.1, 0.15) is 38.7 Å². The predicted molar refractivity (Wildman–Crippen MR) is 122 cm³/mol. The van der Waals surface area contributed by atoms with Gasteiger partial charge in [0.2, 0.25) is 16.0 Å². The molecule has 1 fully saturated rings. The molecule has 0 unspecified atom stereocenters.